The van der Waals surface area contributed by atoms with Crippen LogP contribution in [-0.2, 0) is 12.7 Å². The molecule has 0 radical (unpaired) electrons. The van der Waals surface area contributed by atoms with Gasteiger partial charge in [-0.3, -0.25) is 9.59 Å². The number of hydrogen-bond acceptors (Lipinski definition) is 3. The van der Waals surface area contributed by atoms with Crippen LogP contribution < -0.4 is 11.3 Å². The minimum absolute atomic E-state index is 0.161. The van der Waals surface area contributed by atoms with Crippen molar-refractivity contribution in [2.75, 3.05) is 0 Å². The fourth-order valence-corrected chi connectivity index (χ4v) is 3.88. The summed E-state index contributed by atoms with van der Waals surface area (Å²) in [5.41, 5.74) is 2.61. The number of nitrogens with zero attached hydrogens (tertiary/aromatic N) is 2. The van der Waals surface area contributed by atoms with Crippen LogP contribution in [0.15, 0.2) is 77.6 Å². The number of alkyl halides is 3. The highest BCUT2D eigenvalue weighted by Crippen LogP contribution is 2.35. The van der Waals surface area contributed by atoms with Crippen molar-refractivity contribution in [3.8, 4) is 28.5 Å². The number of carbonyl (C=O) groups excluding carboxylic acids is 1. The number of nitriles is 1. The van der Waals surface area contributed by atoms with Gasteiger partial charge in [-0.15, -0.1) is 0 Å². The molecule has 0 unspecified atom stereocenters. The molecular weight excluding hydrogens is 493 g/mol. The van der Waals surface area contributed by atoms with E-state index in [1.165, 1.54) is 30.3 Å². The zero-order valence-electron chi connectivity index (χ0n) is 18.8. The Kier molecular flexibility index (Phi) is 6.64. The van der Waals surface area contributed by atoms with Gasteiger partial charge in [0.25, 0.3) is 5.56 Å². The maximum Gasteiger partial charge on any atom is 0.417 e. The van der Waals surface area contributed by atoms with Crippen LogP contribution in [-0.4, -0.2) is 10.5 Å². The number of aromatic nitrogens is 1. The highest BCUT2D eigenvalue weighted by Gasteiger charge is 2.36. The van der Waals surface area contributed by atoms with E-state index >= 15 is 0 Å². The molecule has 1 aromatic heterocycles. The minimum Gasteiger partial charge on any atom is -0.366 e. The monoisotopic (exact) mass is 509 g/mol. The number of primary amides is 1. The average Bonchev–Trinajstić information content (AvgIpc) is 2.85. The first-order valence-corrected chi connectivity index (χ1v) is 10.7. The summed E-state index contributed by atoms with van der Waals surface area (Å²) in [4.78, 5) is 24.4. The van der Waals surface area contributed by atoms with Crippen LogP contribution in [0, 0.1) is 23.0 Å². The fraction of sp³-hybridized carbons (Fsp3) is 0.0741. The molecule has 0 fully saturated rings. The second-order valence-corrected chi connectivity index (χ2v) is 8.08. The molecule has 0 saturated heterocycles. The van der Waals surface area contributed by atoms with Crippen LogP contribution in [0.25, 0.3) is 22.4 Å². The summed E-state index contributed by atoms with van der Waals surface area (Å²) in [6.45, 7) is -0.551. The molecule has 186 valence electrons. The van der Waals surface area contributed by atoms with Crippen molar-refractivity contribution in [3.05, 3.63) is 117 Å². The second kappa shape index (κ2) is 9.70. The van der Waals surface area contributed by atoms with E-state index in [-0.39, 0.29) is 22.4 Å². The van der Waals surface area contributed by atoms with Gasteiger partial charge < -0.3 is 10.3 Å². The molecule has 3 aromatic carbocycles. The Bertz CT molecular complexity index is 1620. The quantitative estimate of drug-likeness (QED) is 0.361. The van der Waals surface area contributed by atoms with Crippen molar-refractivity contribution < 1.29 is 26.7 Å². The van der Waals surface area contributed by atoms with Gasteiger partial charge in [0.1, 0.15) is 23.3 Å². The first-order valence-electron chi connectivity index (χ1n) is 10.7. The van der Waals surface area contributed by atoms with Crippen LogP contribution in [0.1, 0.15) is 27.0 Å². The van der Waals surface area contributed by atoms with Crippen LogP contribution in [0.2, 0.25) is 0 Å². The maximum absolute atomic E-state index is 14.4. The number of nitrogens with two attached hydrogens (primary N) is 1. The van der Waals surface area contributed by atoms with Crippen molar-refractivity contribution >= 4 is 5.91 Å². The summed E-state index contributed by atoms with van der Waals surface area (Å²) in [7, 11) is 0. The molecule has 4 rings (SSSR count). The predicted octanol–water partition coefficient (Wildman–Crippen LogP) is 5.50. The lowest BCUT2D eigenvalue weighted by Crippen LogP contribution is -2.29. The number of rotatable bonds is 5. The molecule has 5 nitrogen and oxygen atoms in total. The van der Waals surface area contributed by atoms with Gasteiger partial charge in [-0.2, -0.15) is 18.4 Å². The van der Waals surface area contributed by atoms with Gasteiger partial charge in [0, 0.05) is 17.2 Å². The molecular formula is C27H16F5N3O2. The fourth-order valence-electron chi connectivity index (χ4n) is 3.88. The summed E-state index contributed by atoms with van der Waals surface area (Å²) in [6.07, 6.45) is -5.01. The molecule has 2 N–H and O–H groups in total. The lowest BCUT2D eigenvalue weighted by Gasteiger charge is -2.18. The van der Waals surface area contributed by atoms with Crippen molar-refractivity contribution in [2.45, 2.75) is 12.7 Å². The normalized spacial score (nSPS) is 11.2. The van der Waals surface area contributed by atoms with Gasteiger partial charge in [0.2, 0.25) is 5.91 Å². The van der Waals surface area contributed by atoms with Crippen molar-refractivity contribution in [1.29, 1.82) is 5.26 Å². The maximum atomic E-state index is 14.4. The van der Waals surface area contributed by atoms with E-state index in [4.69, 9.17) is 5.73 Å². The Morgan fingerprint density at radius 2 is 1.59 bits per heavy atom. The van der Waals surface area contributed by atoms with Gasteiger partial charge >= 0.3 is 6.18 Å². The van der Waals surface area contributed by atoms with E-state index < -0.39 is 46.9 Å². The van der Waals surface area contributed by atoms with Crippen molar-refractivity contribution in [3.63, 3.8) is 0 Å². The van der Waals surface area contributed by atoms with Crippen LogP contribution >= 0.6 is 0 Å². The minimum atomic E-state index is -5.01. The molecule has 0 saturated carbocycles. The number of hydrogen-bond donors (Lipinski definition) is 1. The molecule has 4 aromatic rings. The Morgan fingerprint density at radius 1 is 0.919 bits per heavy atom. The topological polar surface area (TPSA) is 88.9 Å². The molecule has 0 aliphatic rings. The standard InChI is InChI=1S/C27H16F5N3O2/c28-20-9-8-19(23(29)11-20)14-35-24(12-22(27(30,31)32)21(13-33)26(35)37)18-3-1-2-17(10-18)15-4-6-16(7-5-15)25(34)36/h1-12H,14H2,(H2,34,36). The summed E-state index contributed by atoms with van der Waals surface area (Å²) in [6, 6.07) is 16.9. The molecule has 1 heterocycles. The first-order chi connectivity index (χ1) is 17.5. The third-order valence-electron chi connectivity index (χ3n) is 5.72. The lowest BCUT2D eigenvalue weighted by atomic mass is 9.98. The van der Waals surface area contributed by atoms with E-state index in [9.17, 15) is 36.8 Å². The number of benzene rings is 3. The molecule has 0 spiro atoms. The number of carbonyl (C=O) groups is 1. The average molecular weight is 509 g/mol. The Labute approximate surface area is 206 Å². The molecule has 0 aliphatic heterocycles. The first kappa shape index (κ1) is 25.3. The highest BCUT2D eigenvalue weighted by atomic mass is 19.4. The molecule has 1 amide bonds. The smallest absolute Gasteiger partial charge is 0.366 e. The Hall–Kier alpha value is -4.78. The summed E-state index contributed by atoms with van der Waals surface area (Å²) in [5.74, 6) is -2.50. The number of pyridine rings is 1. The zero-order valence-corrected chi connectivity index (χ0v) is 18.8. The van der Waals surface area contributed by atoms with Crippen LogP contribution in [0.4, 0.5) is 22.0 Å². The van der Waals surface area contributed by atoms with E-state index in [0.717, 1.165) is 16.7 Å². The van der Waals surface area contributed by atoms with Gasteiger partial charge in [-0.1, -0.05) is 36.4 Å². The van der Waals surface area contributed by atoms with Gasteiger partial charge in [-0.05, 0) is 47.0 Å². The highest BCUT2D eigenvalue weighted by molar-refractivity contribution is 5.93. The summed E-state index contributed by atoms with van der Waals surface area (Å²) >= 11 is 0. The van der Waals surface area contributed by atoms with Gasteiger partial charge in [-0.25, -0.2) is 8.78 Å². The molecule has 10 heteroatoms. The molecule has 0 aliphatic carbocycles. The number of amides is 1. The third-order valence-corrected chi connectivity index (χ3v) is 5.72. The molecule has 0 atom stereocenters. The van der Waals surface area contributed by atoms with Gasteiger partial charge in [0.05, 0.1) is 17.8 Å². The van der Waals surface area contributed by atoms with E-state index in [1.807, 2.05) is 0 Å². The summed E-state index contributed by atoms with van der Waals surface area (Å²) < 4.78 is 70.0. The molecule has 0 bridgehead atoms. The van der Waals surface area contributed by atoms with Gasteiger partial charge in [0.15, 0.2) is 0 Å². The predicted molar refractivity (Wildman–Crippen MR) is 125 cm³/mol. The van der Waals surface area contributed by atoms with Crippen molar-refractivity contribution in [1.82, 2.24) is 4.57 Å². The third kappa shape index (κ3) is 5.11. The van der Waals surface area contributed by atoms with Crippen LogP contribution in [0.5, 0.6) is 0 Å². The van der Waals surface area contributed by atoms with E-state index in [0.29, 0.717) is 23.3 Å². The number of halogens is 5. The largest absolute Gasteiger partial charge is 0.417 e. The summed E-state index contributed by atoms with van der Waals surface area (Å²) in [5, 5.41) is 9.34. The zero-order chi connectivity index (χ0) is 26.9. The van der Waals surface area contributed by atoms with Crippen molar-refractivity contribution in [2.24, 2.45) is 5.73 Å². The Morgan fingerprint density at radius 3 is 2.19 bits per heavy atom. The molecule has 37 heavy (non-hydrogen) atoms. The lowest BCUT2D eigenvalue weighted by molar-refractivity contribution is -0.137. The second-order valence-electron chi connectivity index (χ2n) is 8.08. The van der Waals surface area contributed by atoms with Crippen LogP contribution in [0.3, 0.4) is 0 Å². The van der Waals surface area contributed by atoms with E-state index in [1.54, 1.807) is 24.3 Å². The SMILES string of the molecule is N#Cc1c(C(F)(F)F)cc(-c2cccc(-c3ccc(C(N)=O)cc3)c2)n(Cc2ccc(F)cc2F)c1=O. The van der Waals surface area contributed by atoms with E-state index in [2.05, 4.69) is 0 Å². The Balaban J connectivity index is 1.94.